The molecule has 2 aromatic carbocycles. The van der Waals surface area contributed by atoms with Gasteiger partial charge >= 0.3 is 0 Å². The first kappa shape index (κ1) is 26.5. The Labute approximate surface area is 220 Å². The molecule has 0 unspecified atom stereocenters. The van der Waals surface area contributed by atoms with Crippen molar-refractivity contribution in [2.75, 3.05) is 34.1 Å². The Morgan fingerprint density at radius 3 is 2.44 bits per heavy atom. The molecule has 0 amide bonds. The van der Waals surface area contributed by atoms with E-state index in [9.17, 15) is 8.42 Å². The van der Waals surface area contributed by atoms with Gasteiger partial charge in [0.1, 0.15) is 0 Å². The highest BCUT2D eigenvalue weighted by Crippen LogP contribution is 2.37. The van der Waals surface area contributed by atoms with Gasteiger partial charge in [-0.2, -0.15) is 5.10 Å². The van der Waals surface area contributed by atoms with Crippen LogP contribution in [0.5, 0.6) is 0 Å². The fraction of sp³-hybridized carbons (Fsp3) is 0.269. The van der Waals surface area contributed by atoms with E-state index in [1.54, 1.807) is 43.8 Å². The van der Waals surface area contributed by atoms with Crippen LogP contribution in [0.4, 0.5) is 0 Å². The second-order valence-corrected chi connectivity index (χ2v) is 12.0. The van der Waals surface area contributed by atoms with Gasteiger partial charge < -0.3 is 9.47 Å². The van der Waals surface area contributed by atoms with Crippen LogP contribution in [0, 0.1) is 0 Å². The molecule has 7 nitrogen and oxygen atoms in total. The highest BCUT2D eigenvalue weighted by molar-refractivity contribution is 7.90. The number of rotatable bonds is 10. The van der Waals surface area contributed by atoms with Crippen LogP contribution in [-0.4, -0.2) is 63.5 Å². The number of nitrogens with zero attached hydrogens (tertiary/aromatic N) is 3. The van der Waals surface area contributed by atoms with Crippen molar-refractivity contribution in [3.05, 3.63) is 77.4 Å². The number of likely N-dealkylation sites (N-methyl/N-ethyl adjacent to an activating group) is 1. The number of sulfone groups is 1. The molecule has 4 aromatic rings. The molecule has 0 aliphatic carbocycles. The third kappa shape index (κ3) is 6.05. The monoisotopic (exact) mass is 545 g/mol. The van der Waals surface area contributed by atoms with Gasteiger partial charge in [-0.15, -0.1) is 11.3 Å². The van der Waals surface area contributed by atoms with E-state index >= 15 is 0 Å². The molecule has 0 radical (unpaired) electrons. The lowest BCUT2D eigenvalue weighted by molar-refractivity contribution is -0.114. The summed E-state index contributed by atoms with van der Waals surface area (Å²) in [5, 5.41) is 5.48. The SMILES string of the molecule is COC(CN(C)Cc1cc(-c2ccc(-c3cccc(S(C)(=O)=O)c3)s2)n(-c2ccccc2Cl)n1)OC. The number of aromatic nitrogens is 2. The summed E-state index contributed by atoms with van der Waals surface area (Å²) in [5.41, 5.74) is 3.40. The van der Waals surface area contributed by atoms with E-state index in [-0.39, 0.29) is 6.29 Å². The number of thiophene rings is 1. The zero-order valence-electron chi connectivity index (χ0n) is 20.5. The topological polar surface area (TPSA) is 73.7 Å². The van der Waals surface area contributed by atoms with Gasteiger partial charge in [-0.1, -0.05) is 35.9 Å². The van der Waals surface area contributed by atoms with E-state index in [1.807, 2.05) is 54.2 Å². The number of hydrogen-bond acceptors (Lipinski definition) is 7. The van der Waals surface area contributed by atoms with Crippen molar-refractivity contribution >= 4 is 32.8 Å². The van der Waals surface area contributed by atoms with Crippen LogP contribution in [-0.2, 0) is 25.9 Å². The van der Waals surface area contributed by atoms with Gasteiger partial charge in [0.25, 0.3) is 0 Å². The third-order valence-electron chi connectivity index (χ3n) is 5.66. The summed E-state index contributed by atoms with van der Waals surface area (Å²) in [5.74, 6) is 0. The van der Waals surface area contributed by atoms with Crippen LogP contribution in [0.25, 0.3) is 26.7 Å². The van der Waals surface area contributed by atoms with Gasteiger partial charge in [0, 0.05) is 38.4 Å². The highest BCUT2D eigenvalue weighted by atomic mass is 35.5. The number of hydrogen-bond donors (Lipinski definition) is 0. The fourth-order valence-corrected chi connectivity index (χ4v) is 5.73. The molecule has 0 spiro atoms. The Morgan fingerprint density at radius 2 is 1.75 bits per heavy atom. The molecular weight excluding hydrogens is 518 g/mol. The second kappa shape index (κ2) is 11.2. The average Bonchev–Trinajstić information content (AvgIpc) is 3.50. The van der Waals surface area contributed by atoms with Crippen molar-refractivity contribution in [3.63, 3.8) is 0 Å². The Hall–Kier alpha value is -2.53. The molecule has 4 rings (SSSR count). The minimum Gasteiger partial charge on any atom is -0.355 e. The lowest BCUT2D eigenvalue weighted by Crippen LogP contribution is -2.31. The minimum absolute atomic E-state index is 0.298. The van der Waals surface area contributed by atoms with Crippen LogP contribution in [0.2, 0.25) is 5.02 Å². The van der Waals surface area contributed by atoms with Gasteiger partial charge in [-0.3, -0.25) is 4.90 Å². The summed E-state index contributed by atoms with van der Waals surface area (Å²) >= 11 is 8.11. The van der Waals surface area contributed by atoms with Crippen molar-refractivity contribution in [2.24, 2.45) is 0 Å². The Bertz CT molecular complexity index is 1440. The first-order chi connectivity index (χ1) is 17.2. The lowest BCUT2D eigenvalue weighted by Gasteiger charge is -2.20. The predicted molar refractivity (Wildman–Crippen MR) is 145 cm³/mol. The van der Waals surface area contributed by atoms with Gasteiger partial charge in [0.05, 0.1) is 31.9 Å². The zero-order chi connectivity index (χ0) is 25.9. The van der Waals surface area contributed by atoms with Crippen molar-refractivity contribution < 1.29 is 17.9 Å². The summed E-state index contributed by atoms with van der Waals surface area (Å²) in [7, 11) is 1.92. The quantitative estimate of drug-likeness (QED) is 0.249. The van der Waals surface area contributed by atoms with Crippen molar-refractivity contribution in [1.29, 1.82) is 0 Å². The largest absolute Gasteiger partial charge is 0.355 e. The number of para-hydroxylation sites is 1. The first-order valence-corrected chi connectivity index (χ1v) is 14.3. The molecular formula is C26H28ClN3O4S2. The molecule has 0 aliphatic rings. The third-order valence-corrected chi connectivity index (χ3v) is 8.25. The van der Waals surface area contributed by atoms with E-state index in [1.165, 1.54) is 6.26 Å². The summed E-state index contributed by atoms with van der Waals surface area (Å²) < 4.78 is 36.6. The summed E-state index contributed by atoms with van der Waals surface area (Å²) in [6.45, 7) is 1.17. The standard InChI is InChI=1S/C26H28ClN3O4S2/c1-29(17-26(33-2)34-3)16-19-15-23(30(28-19)22-11-6-5-10-21(22)27)25-13-12-24(35-25)18-8-7-9-20(14-18)36(4,31)32/h5-15,26H,16-17H2,1-4H3. The van der Waals surface area contributed by atoms with Crippen LogP contribution in [0.1, 0.15) is 5.69 Å². The van der Waals surface area contributed by atoms with Crippen LogP contribution < -0.4 is 0 Å². The minimum atomic E-state index is -3.29. The van der Waals surface area contributed by atoms with Gasteiger partial charge in [0.15, 0.2) is 16.1 Å². The molecule has 0 aliphatic heterocycles. The summed E-state index contributed by atoms with van der Waals surface area (Å²) in [4.78, 5) is 4.33. The van der Waals surface area contributed by atoms with Gasteiger partial charge in [-0.05, 0) is 55.1 Å². The maximum atomic E-state index is 12.0. The molecule has 10 heteroatoms. The Balaban J connectivity index is 1.72. The Kier molecular flexibility index (Phi) is 8.29. The van der Waals surface area contributed by atoms with Crippen LogP contribution in [0.15, 0.2) is 71.6 Å². The summed E-state index contributed by atoms with van der Waals surface area (Å²) in [6.07, 6.45) is 0.886. The number of halogens is 1. The second-order valence-electron chi connectivity index (χ2n) is 8.45. The Morgan fingerprint density at radius 1 is 1.03 bits per heavy atom. The van der Waals surface area contributed by atoms with E-state index in [2.05, 4.69) is 11.0 Å². The molecule has 0 saturated heterocycles. The fourth-order valence-electron chi connectivity index (χ4n) is 3.84. The van der Waals surface area contributed by atoms with Gasteiger partial charge in [0.2, 0.25) is 0 Å². The number of ether oxygens (including phenoxy) is 2. The smallest absolute Gasteiger partial charge is 0.175 e. The molecule has 36 heavy (non-hydrogen) atoms. The molecule has 190 valence electrons. The highest BCUT2D eigenvalue weighted by Gasteiger charge is 2.18. The number of methoxy groups -OCH3 is 2. The maximum Gasteiger partial charge on any atom is 0.175 e. The summed E-state index contributed by atoms with van der Waals surface area (Å²) in [6, 6.07) is 20.7. The molecule has 2 aromatic heterocycles. The normalized spacial score (nSPS) is 12.1. The first-order valence-electron chi connectivity index (χ1n) is 11.2. The average molecular weight is 546 g/mol. The van der Waals surface area contributed by atoms with E-state index < -0.39 is 9.84 Å². The van der Waals surface area contributed by atoms with Crippen LogP contribution in [0.3, 0.4) is 0 Å². The van der Waals surface area contributed by atoms with E-state index in [0.717, 1.165) is 32.4 Å². The molecule has 0 bridgehead atoms. The van der Waals surface area contributed by atoms with Crippen LogP contribution >= 0.6 is 22.9 Å². The molecule has 0 N–H and O–H groups in total. The molecule has 0 saturated carbocycles. The van der Waals surface area contributed by atoms with E-state index in [0.29, 0.717) is 23.0 Å². The lowest BCUT2D eigenvalue weighted by atomic mass is 10.2. The molecule has 2 heterocycles. The van der Waals surface area contributed by atoms with E-state index in [4.69, 9.17) is 26.2 Å². The number of benzene rings is 2. The maximum absolute atomic E-state index is 12.0. The molecule has 0 fully saturated rings. The molecule has 0 atom stereocenters. The predicted octanol–water partition coefficient (Wildman–Crippen LogP) is 5.38. The van der Waals surface area contributed by atoms with Crippen molar-refractivity contribution in [1.82, 2.24) is 14.7 Å². The van der Waals surface area contributed by atoms with Gasteiger partial charge in [-0.25, -0.2) is 13.1 Å². The van der Waals surface area contributed by atoms with Crippen molar-refractivity contribution in [2.45, 2.75) is 17.7 Å². The zero-order valence-corrected chi connectivity index (χ0v) is 22.9. The van der Waals surface area contributed by atoms with Crippen molar-refractivity contribution in [3.8, 4) is 26.7 Å².